The third kappa shape index (κ3) is 3.66. The van der Waals surface area contributed by atoms with Crippen molar-refractivity contribution in [2.24, 2.45) is 0 Å². The van der Waals surface area contributed by atoms with E-state index in [1.54, 1.807) is 6.07 Å². The molecule has 6 heteroatoms. The number of rotatable bonds is 4. The standard InChI is InChI=1S/C10H13NO5/c12-6-16-10(15)11-4-3-7-1-2-8(13)9(14)5-7/h1-2,5,12-14H,3-4,6H2,(H,11,15). The molecule has 88 valence electrons. The van der Waals surface area contributed by atoms with Gasteiger partial charge in [0, 0.05) is 6.54 Å². The number of hydrogen-bond donors (Lipinski definition) is 4. The molecule has 4 N–H and O–H groups in total. The van der Waals surface area contributed by atoms with Crippen LogP contribution in [0.4, 0.5) is 4.79 Å². The van der Waals surface area contributed by atoms with Crippen molar-refractivity contribution in [2.75, 3.05) is 13.3 Å². The number of phenols is 2. The summed E-state index contributed by atoms with van der Waals surface area (Å²) >= 11 is 0. The Kier molecular flexibility index (Phi) is 4.41. The SMILES string of the molecule is O=C(NCCc1ccc(O)c(O)c1)OCO. The fourth-order valence-electron chi connectivity index (χ4n) is 1.14. The molecule has 0 aliphatic rings. The van der Waals surface area contributed by atoms with E-state index in [1.165, 1.54) is 12.1 Å². The maximum absolute atomic E-state index is 10.8. The molecule has 0 atom stereocenters. The second kappa shape index (κ2) is 5.82. The van der Waals surface area contributed by atoms with Crippen LogP contribution in [0.5, 0.6) is 11.5 Å². The molecule has 0 saturated heterocycles. The first kappa shape index (κ1) is 12.1. The molecule has 1 aromatic carbocycles. The molecule has 0 heterocycles. The van der Waals surface area contributed by atoms with Crippen LogP contribution in [0.3, 0.4) is 0 Å². The Labute approximate surface area is 92.1 Å². The second-order valence-corrected chi connectivity index (χ2v) is 3.06. The molecule has 0 fully saturated rings. The summed E-state index contributed by atoms with van der Waals surface area (Å²) < 4.78 is 4.24. The molecule has 0 aliphatic carbocycles. The summed E-state index contributed by atoms with van der Waals surface area (Å²) in [6, 6.07) is 4.42. The number of phenolic OH excluding ortho intramolecular Hbond substituents is 2. The van der Waals surface area contributed by atoms with E-state index < -0.39 is 12.9 Å². The summed E-state index contributed by atoms with van der Waals surface area (Å²) in [6.45, 7) is -0.352. The zero-order chi connectivity index (χ0) is 12.0. The topological polar surface area (TPSA) is 99.0 Å². The molecule has 0 spiro atoms. The smallest absolute Gasteiger partial charge is 0.409 e. The molecule has 0 bridgehead atoms. The normalized spacial score (nSPS) is 9.81. The highest BCUT2D eigenvalue weighted by Crippen LogP contribution is 2.24. The number of ether oxygens (including phenoxy) is 1. The van der Waals surface area contributed by atoms with Crippen LogP contribution >= 0.6 is 0 Å². The summed E-state index contributed by atoms with van der Waals surface area (Å²) in [6.07, 6.45) is -0.223. The zero-order valence-corrected chi connectivity index (χ0v) is 8.51. The first-order valence-corrected chi connectivity index (χ1v) is 4.66. The summed E-state index contributed by atoms with van der Waals surface area (Å²) in [4.78, 5) is 10.8. The number of aliphatic hydroxyl groups excluding tert-OH is 1. The average molecular weight is 227 g/mol. The molecular formula is C10H13NO5. The number of hydrogen-bond acceptors (Lipinski definition) is 5. The minimum absolute atomic E-state index is 0.184. The van der Waals surface area contributed by atoms with Crippen molar-refractivity contribution in [3.63, 3.8) is 0 Å². The summed E-state index contributed by atoms with van der Waals surface area (Å²) in [5.41, 5.74) is 0.764. The fraction of sp³-hybridized carbons (Fsp3) is 0.300. The largest absolute Gasteiger partial charge is 0.504 e. The Hall–Kier alpha value is -1.95. The van der Waals surface area contributed by atoms with Crippen LogP contribution in [0, 0.1) is 0 Å². The molecule has 0 unspecified atom stereocenters. The van der Waals surface area contributed by atoms with Gasteiger partial charge in [0.15, 0.2) is 18.3 Å². The van der Waals surface area contributed by atoms with Gasteiger partial charge in [-0.1, -0.05) is 6.07 Å². The monoisotopic (exact) mass is 227 g/mol. The molecule has 1 aromatic rings. The molecule has 0 radical (unpaired) electrons. The van der Waals surface area contributed by atoms with Crippen LogP contribution in [0.2, 0.25) is 0 Å². The maximum atomic E-state index is 10.8. The second-order valence-electron chi connectivity index (χ2n) is 3.06. The first-order valence-electron chi connectivity index (χ1n) is 4.66. The number of amides is 1. The lowest BCUT2D eigenvalue weighted by Crippen LogP contribution is -2.26. The molecule has 1 rings (SSSR count). The summed E-state index contributed by atoms with van der Waals surface area (Å²) in [7, 11) is 0. The Balaban J connectivity index is 2.37. The van der Waals surface area contributed by atoms with Crippen molar-refractivity contribution >= 4 is 6.09 Å². The van der Waals surface area contributed by atoms with Gasteiger partial charge in [-0.05, 0) is 24.1 Å². The van der Waals surface area contributed by atoms with E-state index in [4.69, 9.17) is 10.2 Å². The number of alkyl carbamates (subject to hydrolysis) is 1. The van der Waals surface area contributed by atoms with Gasteiger partial charge in [0.25, 0.3) is 0 Å². The van der Waals surface area contributed by atoms with E-state index in [2.05, 4.69) is 10.1 Å². The third-order valence-electron chi connectivity index (χ3n) is 1.92. The molecule has 0 aliphatic heterocycles. The summed E-state index contributed by atoms with van der Waals surface area (Å²) in [5, 5.41) is 28.9. The maximum Gasteiger partial charge on any atom is 0.409 e. The first-order chi connectivity index (χ1) is 7.63. The molecule has 0 aromatic heterocycles. The van der Waals surface area contributed by atoms with Gasteiger partial charge < -0.3 is 25.4 Å². The quantitative estimate of drug-likeness (QED) is 0.438. The van der Waals surface area contributed by atoms with Gasteiger partial charge >= 0.3 is 6.09 Å². The van der Waals surface area contributed by atoms with Crippen molar-refractivity contribution in [3.05, 3.63) is 23.8 Å². The zero-order valence-electron chi connectivity index (χ0n) is 8.51. The number of aliphatic hydroxyl groups is 1. The van der Waals surface area contributed by atoms with Crippen molar-refractivity contribution in [1.82, 2.24) is 5.32 Å². The number of aromatic hydroxyl groups is 2. The minimum atomic E-state index is -0.703. The Morgan fingerprint density at radius 1 is 1.31 bits per heavy atom. The van der Waals surface area contributed by atoms with Gasteiger partial charge in [-0.25, -0.2) is 4.79 Å². The molecular weight excluding hydrogens is 214 g/mol. The number of carbonyl (C=O) groups is 1. The van der Waals surface area contributed by atoms with E-state index in [0.29, 0.717) is 13.0 Å². The van der Waals surface area contributed by atoms with Gasteiger partial charge in [-0.15, -0.1) is 0 Å². The molecule has 0 saturated carbocycles. The van der Waals surface area contributed by atoms with Gasteiger partial charge in [-0.2, -0.15) is 0 Å². The van der Waals surface area contributed by atoms with Crippen LogP contribution in [-0.4, -0.2) is 34.8 Å². The van der Waals surface area contributed by atoms with E-state index in [1.807, 2.05) is 0 Å². The van der Waals surface area contributed by atoms with Gasteiger partial charge in [-0.3, -0.25) is 0 Å². The number of carbonyl (C=O) groups excluding carboxylic acids is 1. The van der Waals surface area contributed by atoms with E-state index in [-0.39, 0.29) is 11.5 Å². The fourth-order valence-corrected chi connectivity index (χ4v) is 1.14. The Morgan fingerprint density at radius 2 is 2.06 bits per heavy atom. The van der Waals surface area contributed by atoms with Crippen molar-refractivity contribution in [1.29, 1.82) is 0 Å². The highest BCUT2D eigenvalue weighted by Gasteiger charge is 2.02. The Bertz CT molecular complexity index is 366. The predicted molar refractivity (Wildman–Crippen MR) is 55.0 cm³/mol. The number of nitrogens with one attached hydrogen (secondary N) is 1. The van der Waals surface area contributed by atoms with Crippen molar-refractivity contribution in [2.45, 2.75) is 6.42 Å². The minimum Gasteiger partial charge on any atom is -0.504 e. The lowest BCUT2D eigenvalue weighted by atomic mass is 10.1. The predicted octanol–water partition coefficient (Wildman–Crippen LogP) is 0.316. The lowest BCUT2D eigenvalue weighted by Gasteiger charge is -2.05. The van der Waals surface area contributed by atoms with Crippen LogP contribution in [0.25, 0.3) is 0 Å². The molecule has 16 heavy (non-hydrogen) atoms. The van der Waals surface area contributed by atoms with Crippen molar-refractivity contribution < 1.29 is 24.9 Å². The highest BCUT2D eigenvalue weighted by molar-refractivity contribution is 5.66. The van der Waals surface area contributed by atoms with E-state index in [9.17, 15) is 9.90 Å². The van der Waals surface area contributed by atoms with Gasteiger partial charge in [0.1, 0.15) is 0 Å². The molecule has 1 amide bonds. The number of benzene rings is 1. The lowest BCUT2D eigenvalue weighted by molar-refractivity contribution is 0.0445. The highest BCUT2D eigenvalue weighted by atomic mass is 16.6. The van der Waals surface area contributed by atoms with Crippen LogP contribution in [0.1, 0.15) is 5.56 Å². The Morgan fingerprint density at radius 3 is 2.69 bits per heavy atom. The average Bonchev–Trinajstić information content (AvgIpc) is 2.24. The summed E-state index contributed by atoms with van der Waals surface area (Å²) in [5.74, 6) is -0.383. The van der Waals surface area contributed by atoms with E-state index in [0.717, 1.165) is 5.56 Å². The van der Waals surface area contributed by atoms with Crippen molar-refractivity contribution in [3.8, 4) is 11.5 Å². The van der Waals surface area contributed by atoms with E-state index >= 15 is 0 Å². The van der Waals surface area contributed by atoms with Gasteiger partial charge in [0.2, 0.25) is 0 Å². The van der Waals surface area contributed by atoms with Gasteiger partial charge in [0.05, 0.1) is 0 Å². The molecule has 6 nitrogen and oxygen atoms in total. The van der Waals surface area contributed by atoms with Crippen LogP contribution < -0.4 is 5.32 Å². The third-order valence-corrected chi connectivity index (χ3v) is 1.92. The van der Waals surface area contributed by atoms with Crippen LogP contribution in [-0.2, 0) is 11.2 Å². The van der Waals surface area contributed by atoms with Crippen LogP contribution in [0.15, 0.2) is 18.2 Å².